The first kappa shape index (κ1) is 34.9. The lowest BCUT2D eigenvalue weighted by Gasteiger charge is -2.35. The van der Waals surface area contributed by atoms with Crippen LogP contribution in [-0.4, -0.2) is 92.2 Å². The van der Waals surface area contributed by atoms with E-state index in [1.165, 1.54) is 30.7 Å². The van der Waals surface area contributed by atoms with Gasteiger partial charge >= 0.3 is 18.2 Å². The smallest absolute Gasteiger partial charge is 0.434 e. The maximum atomic E-state index is 13.6. The summed E-state index contributed by atoms with van der Waals surface area (Å²) in [4.78, 5) is 55.3. The lowest BCUT2D eigenvalue weighted by atomic mass is 10.0. The van der Waals surface area contributed by atoms with E-state index in [2.05, 4.69) is 49.2 Å². The number of nitrogens with zero attached hydrogens (tertiary/aromatic N) is 6. The van der Waals surface area contributed by atoms with Gasteiger partial charge in [0.2, 0.25) is 5.43 Å². The number of piperidine rings is 1. The van der Waals surface area contributed by atoms with E-state index in [0.29, 0.717) is 18.6 Å². The largest absolute Gasteiger partial charge is 0.477 e. The van der Waals surface area contributed by atoms with Crippen molar-refractivity contribution in [3.8, 4) is 21.8 Å². The number of fused-ring (bicyclic) bond motifs is 1. The first-order chi connectivity index (χ1) is 22.9. The number of thiazole rings is 1. The highest BCUT2D eigenvalue weighted by Gasteiger charge is 2.34. The fourth-order valence-electron chi connectivity index (χ4n) is 5.89. The molecule has 1 fully saturated rings. The quantitative estimate of drug-likeness (QED) is 0.188. The van der Waals surface area contributed by atoms with Gasteiger partial charge in [-0.1, -0.05) is 13.8 Å². The molecule has 1 atom stereocenters. The van der Waals surface area contributed by atoms with Gasteiger partial charge in [0.15, 0.2) is 5.69 Å². The second-order valence-electron chi connectivity index (χ2n) is 11.4. The van der Waals surface area contributed by atoms with E-state index in [-0.39, 0.29) is 39.1 Å². The number of pyridine rings is 3. The summed E-state index contributed by atoms with van der Waals surface area (Å²) in [5.41, 5.74) is -1.12. The normalized spacial score (nSPS) is 15.6. The minimum absolute atomic E-state index is 0.00993. The van der Waals surface area contributed by atoms with Crippen molar-refractivity contribution in [3.63, 3.8) is 0 Å². The SMILES string of the molecule is CCNC(=O)Nc1cc(-c2nc(C(F)(F)F)cs2)c(-c2cc3c(=O)c(C(=O)O)cn([C@@H]4CCCN(CCN(CC)CC)C4)c3cn2)cn1. The molecular formula is C32H37F3N8O4S. The average Bonchev–Trinajstić information content (AvgIpc) is 3.57. The molecule has 1 aliphatic rings. The molecule has 5 heterocycles. The van der Waals surface area contributed by atoms with Crippen LogP contribution in [0.1, 0.15) is 55.7 Å². The molecule has 48 heavy (non-hydrogen) atoms. The van der Waals surface area contributed by atoms with Crippen LogP contribution in [-0.2, 0) is 6.18 Å². The number of rotatable bonds is 11. The maximum absolute atomic E-state index is 13.6. The molecule has 256 valence electrons. The number of carboxylic acids is 1. The van der Waals surface area contributed by atoms with Crippen molar-refractivity contribution in [1.29, 1.82) is 0 Å². The number of carboxylic acid groups (broad SMARTS) is 1. The number of hydrogen-bond acceptors (Lipinski definition) is 9. The molecule has 4 aromatic heterocycles. The number of likely N-dealkylation sites (N-methyl/N-ethyl adjacent to an activating group) is 1. The first-order valence-corrected chi connectivity index (χ1v) is 16.6. The second-order valence-corrected chi connectivity index (χ2v) is 12.3. The van der Waals surface area contributed by atoms with Crippen LogP contribution in [0.25, 0.3) is 32.7 Å². The van der Waals surface area contributed by atoms with E-state index in [0.717, 1.165) is 62.3 Å². The van der Waals surface area contributed by atoms with Gasteiger partial charge in [-0.3, -0.25) is 15.1 Å². The first-order valence-electron chi connectivity index (χ1n) is 15.7. The van der Waals surface area contributed by atoms with Gasteiger partial charge in [-0.2, -0.15) is 13.2 Å². The molecule has 5 rings (SSSR count). The van der Waals surface area contributed by atoms with Crippen LogP contribution in [0.2, 0.25) is 0 Å². The van der Waals surface area contributed by atoms with Crippen molar-refractivity contribution >= 4 is 40.1 Å². The summed E-state index contributed by atoms with van der Waals surface area (Å²) in [6.45, 7) is 11.6. The average molecular weight is 687 g/mol. The van der Waals surface area contributed by atoms with Crippen LogP contribution < -0.4 is 16.1 Å². The van der Waals surface area contributed by atoms with Gasteiger partial charge in [0.05, 0.1) is 22.8 Å². The molecule has 0 radical (unpaired) electrons. The Morgan fingerprint density at radius 3 is 2.56 bits per heavy atom. The Bertz CT molecular complexity index is 1860. The molecule has 3 N–H and O–H groups in total. The lowest BCUT2D eigenvalue weighted by Crippen LogP contribution is -2.41. The Morgan fingerprint density at radius 2 is 1.90 bits per heavy atom. The highest BCUT2D eigenvalue weighted by molar-refractivity contribution is 7.13. The van der Waals surface area contributed by atoms with E-state index < -0.39 is 34.9 Å². The minimum atomic E-state index is -4.68. The summed E-state index contributed by atoms with van der Waals surface area (Å²) >= 11 is 0.753. The maximum Gasteiger partial charge on any atom is 0.434 e. The number of urea groups is 1. The molecule has 0 bridgehead atoms. The Labute approximate surface area is 278 Å². The highest BCUT2D eigenvalue weighted by atomic mass is 32.1. The van der Waals surface area contributed by atoms with Crippen LogP contribution >= 0.6 is 11.3 Å². The Hall–Kier alpha value is -4.41. The molecule has 0 aliphatic carbocycles. The van der Waals surface area contributed by atoms with Crippen molar-refractivity contribution in [2.45, 2.75) is 45.8 Å². The van der Waals surface area contributed by atoms with Gasteiger partial charge in [-0.05, 0) is 51.5 Å². The number of hydrogen-bond donors (Lipinski definition) is 3. The van der Waals surface area contributed by atoms with Crippen LogP contribution in [0.3, 0.4) is 0 Å². The molecule has 16 heteroatoms. The zero-order valence-electron chi connectivity index (χ0n) is 26.8. The molecule has 0 saturated carbocycles. The number of alkyl halides is 3. The van der Waals surface area contributed by atoms with Gasteiger partial charge in [0.1, 0.15) is 16.4 Å². The molecule has 12 nitrogen and oxygen atoms in total. The Balaban J connectivity index is 1.59. The number of likely N-dealkylation sites (tertiary alicyclic amines) is 1. The number of anilines is 1. The third kappa shape index (κ3) is 7.66. The van der Waals surface area contributed by atoms with Crippen molar-refractivity contribution < 1.29 is 27.9 Å². The number of amides is 2. The molecule has 0 spiro atoms. The minimum Gasteiger partial charge on any atom is -0.477 e. The number of halogens is 3. The van der Waals surface area contributed by atoms with Gasteiger partial charge in [-0.25, -0.2) is 19.6 Å². The summed E-state index contributed by atoms with van der Waals surface area (Å²) in [6, 6.07) is 2.16. The predicted octanol–water partition coefficient (Wildman–Crippen LogP) is 5.42. The Morgan fingerprint density at radius 1 is 1.12 bits per heavy atom. The predicted molar refractivity (Wildman–Crippen MR) is 177 cm³/mol. The molecule has 0 unspecified atom stereocenters. The van der Waals surface area contributed by atoms with E-state index in [9.17, 15) is 32.7 Å². The highest BCUT2D eigenvalue weighted by Crippen LogP contribution is 2.38. The molecule has 4 aromatic rings. The van der Waals surface area contributed by atoms with Crippen LogP contribution in [0, 0.1) is 0 Å². The lowest BCUT2D eigenvalue weighted by molar-refractivity contribution is -0.140. The van der Waals surface area contributed by atoms with Gasteiger partial charge in [-0.15, -0.1) is 11.3 Å². The third-order valence-corrected chi connectivity index (χ3v) is 9.31. The van der Waals surface area contributed by atoms with Crippen LogP contribution in [0.5, 0.6) is 0 Å². The van der Waals surface area contributed by atoms with E-state index in [1.54, 1.807) is 6.92 Å². The van der Waals surface area contributed by atoms with Gasteiger partial charge < -0.3 is 24.8 Å². The summed E-state index contributed by atoms with van der Waals surface area (Å²) in [7, 11) is 0. The topological polar surface area (TPSA) is 146 Å². The number of carbonyl (C=O) groups excluding carboxylic acids is 1. The summed E-state index contributed by atoms with van der Waals surface area (Å²) in [6.07, 6.45) is 1.19. The number of aromatic carboxylic acids is 1. The van der Waals surface area contributed by atoms with Crippen LogP contribution in [0.15, 0.2) is 40.9 Å². The van der Waals surface area contributed by atoms with Crippen molar-refractivity contribution in [2.24, 2.45) is 0 Å². The van der Waals surface area contributed by atoms with Crippen molar-refractivity contribution in [2.75, 3.05) is 51.1 Å². The molecule has 0 aromatic carbocycles. The number of nitrogens with one attached hydrogen (secondary N) is 2. The fourth-order valence-corrected chi connectivity index (χ4v) is 6.74. The van der Waals surface area contributed by atoms with Gasteiger partial charge in [0.25, 0.3) is 0 Å². The summed E-state index contributed by atoms with van der Waals surface area (Å²) in [5.74, 6) is -1.31. The standard InChI is InChI=1S/C32H37F3N8O4S/c1-4-36-31(47)40-27-13-20(29-39-26(18-48-29)32(33,34)35)22(14-38-27)24-12-21-25(15-37-24)43(17-23(28(21)44)30(45)46)19-8-7-9-42(16-19)11-10-41(5-2)6-3/h12-15,17-19H,4-11,16H2,1-3H3,(H,45,46)(H2,36,38,40,47)/t19-/m1/s1. The Kier molecular flexibility index (Phi) is 10.8. The summed E-state index contributed by atoms with van der Waals surface area (Å²) < 4.78 is 42.3. The zero-order chi connectivity index (χ0) is 34.6. The molecular weight excluding hydrogens is 649 g/mol. The van der Waals surface area contributed by atoms with Crippen molar-refractivity contribution in [1.82, 2.24) is 34.6 Å². The van der Waals surface area contributed by atoms with E-state index >= 15 is 0 Å². The molecule has 1 saturated heterocycles. The zero-order valence-corrected chi connectivity index (χ0v) is 27.6. The molecule has 1 aliphatic heterocycles. The number of aromatic nitrogens is 4. The van der Waals surface area contributed by atoms with E-state index in [1.807, 2.05) is 4.57 Å². The van der Waals surface area contributed by atoms with Crippen molar-refractivity contribution in [3.05, 3.63) is 57.6 Å². The third-order valence-electron chi connectivity index (χ3n) is 8.43. The molecule has 2 amide bonds. The van der Waals surface area contributed by atoms with E-state index in [4.69, 9.17) is 0 Å². The monoisotopic (exact) mass is 686 g/mol. The number of carbonyl (C=O) groups is 2. The van der Waals surface area contributed by atoms with Crippen LogP contribution in [0.4, 0.5) is 23.8 Å². The summed E-state index contributed by atoms with van der Waals surface area (Å²) in [5, 5.41) is 16.1. The fraction of sp³-hybridized carbons (Fsp3) is 0.438. The second kappa shape index (κ2) is 14.8. The van der Waals surface area contributed by atoms with Gasteiger partial charge in [0, 0.05) is 61.1 Å².